The average molecular weight is 482 g/mol. The van der Waals surface area contributed by atoms with Crippen molar-refractivity contribution in [3.8, 4) is 0 Å². The summed E-state index contributed by atoms with van der Waals surface area (Å²) in [5.74, 6) is 1.72. The van der Waals surface area contributed by atoms with Crippen LogP contribution < -0.4 is 10.2 Å². The molecule has 182 valence electrons. The summed E-state index contributed by atoms with van der Waals surface area (Å²) in [4.78, 5) is 21.9. The minimum Gasteiger partial charge on any atom is -0.467 e. The van der Waals surface area contributed by atoms with Gasteiger partial charge in [-0.3, -0.25) is 4.79 Å². The molecule has 7 nitrogen and oxygen atoms in total. The largest absolute Gasteiger partial charge is 0.467 e. The highest BCUT2D eigenvalue weighted by atomic mass is 32.1. The third-order valence-corrected chi connectivity index (χ3v) is 7.17. The lowest BCUT2D eigenvalue weighted by Gasteiger charge is -2.33. The van der Waals surface area contributed by atoms with Crippen molar-refractivity contribution in [3.63, 3.8) is 0 Å². The van der Waals surface area contributed by atoms with Crippen molar-refractivity contribution in [2.75, 3.05) is 31.1 Å². The van der Waals surface area contributed by atoms with E-state index in [9.17, 15) is 4.79 Å². The van der Waals surface area contributed by atoms with Gasteiger partial charge < -0.3 is 19.5 Å². The molecule has 0 aliphatic carbocycles. The van der Waals surface area contributed by atoms with Crippen LogP contribution in [0.3, 0.4) is 0 Å². The second kappa shape index (κ2) is 12.7. The van der Waals surface area contributed by atoms with Gasteiger partial charge >= 0.3 is 0 Å². The Kier molecular flexibility index (Phi) is 9.10. The first-order valence-corrected chi connectivity index (χ1v) is 13.1. The lowest BCUT2D eigenvalue weighted by Crippen LogP contribution is -2.39. The van der Waals surface area contributed by atoms with E-state index in [0.29, 0.717) is 32.0 Å². The summed E-state index contributed by atoms with van der Waals surface area (Å²) in [6, 6.07) is 14.7. The summed E-state index contributed by atoms with van der Waals surface area (Å²) in [6.45, 7) is 6.40. The molecule has 8 heteroatoms. The van der Waals surface area contributed by atoms with Crippen molar-refractivity contribution in [1.29, 1.82) is 0 Å². The van der Waals surface area contributed by atoms with Crippen LogP contribution in [0.2, 0.25) is 0 Å². The van der Waals surface area contributed by atoms with E-state index < -0.39 is 0 Å². The molecule has 1 fully saturated rings. The number of furan rings is 1. The summed E-state index contributed by atoms with van der Waals surface area (Å²) in [7, 11) is 0. The Morgan fingerprint density at radius 1 is 1.24 bits per heavy atom. The van der Waals surface area contributed by atoms with Crippen LogP contribution in [0.1, 0.15) is 56.2 Å². The molecule has 1 aromatic carbocycles. The quantitative estimate of drug-likeness (QED) is 0.384. The minimum absolute atomic E-state index is 0.0742. The van der Waals surface area contributed by atoms with Gasteiger partial charge in [-0.15, -0.1) is 0 Å². The van der Waals surface area contributed by atoms with Crippen molar-refractivity contribution in [2.45, 2.75) is 58.0 Å². The van der Waals surface area contributed by atoms with E-state index in [2.05, 4.69) is 38.5 Å². The molecule has 0 bridgehead atoms. The number of piperidine rings is 1. The van der Waals surface area contributed by atoms with Crippen molar-refractivity contribution >= 4 is 22.6 Å². The molecule has 4 rings (SSSR count). The van der Waals surface area contributed by atoms with Gasteiger partial charge in [-0.05, 0) is 50.4 Å². The maximum Gasteiger partial charge on any atom is 0.221 e. The van der Waals surface area contributed by atoms with E-state index in [1.54, 1.807) is 6.26 Å². The molecule has 0 saturated carbocycles. The van der Waals surface area contributed by atoms with Gasteiger partial charge in [0.15, 0.2) is 0 Å². The predicted octanol–water partition coefficient (Wildman–Crippen LogP) is 4.50. The Morgan fingerprint density at radius 3 is 2.91 bits per heavy atom. The SMILES string of the molecule is CC1CCCCN1CCCNC(=O)CCN(Cc1ccco1)c1nc(Cc2ccccc2)ns1. The summed E-state index contributed by atoms with van der Waals surface area (Å²) in [5.41, 5.74) is 1.18. The van der Waals surface area contributed by atoms with Crippen molar-refractivity contribution < 1.29 is 9.21 Å². The molecular weight excluding hydrogens is 446 g/mol. The highest BCUT2D eigenvalue weighted by Crippen LogP contribution is 2.22. The number of anilines is 1. The van der Waals surface area contributed by atoms with E-state index in [1.807, 2.05) is 30.3 Å². The molecule has 2 aromatic heterocycles. The molecule has 1 amide bonds. The van der Waals surface area contributed by atoms with E-state index >= 15 is 0 Å². The topological polar surface area (TPSA) is 74.5 Å². The van der Waals surface area contributed by atoms with E-state index in [1.165, 1.54) is 42.9 Å². The normalized spacial score (nSPS) is 16.4. The molecule has 1 unspecified atom stereocenters. The van der Waals surface area contributed by atoms with E-state index in [4.69, 9.17) is 9.40 Å². The zero-order valence-corrected chi connectivity index (χ0v) is 20.8. The van der Waals surface area contributed by atoms with Gasteiger partial charge in [0.05, 0.1) is 12.8 Å². The smallest absolute Gasteiger partial charge is 0.221 e. The third-order valence-electron chi connectivity index (χ3n) is 6.35. The second-order valence-corrected chi connectivity index (χ2v) is 9.72. The molecule has 3 aromatic rings. The number of benzene rings is 1. The first-order valence-electron chi connectivity index (χ1n) is 12.3. The number of carbonyl (C=O) groups excluding carboxylic acids is 1. The molecule has 1 saturated heterocycles. The van der Waals surface area contributed by atoms with E-state index in [0.717, 1.165) is 36.2 Å². The minimum atomic E-state index is 0.0742. The Morgan fingerprint density at radius 2 is 2.12 bits per heavy atom. The van der Waals surface area contributed by atoms with Crippen LogP contribution >= 0.6 is 11.5 Å². The molecule has 1 N–H and O–H groups in total. The Hall–Kier alpha value is -2.71. The fourth-order valence-electron chi connectivity index (χ4n) is 4.38. The van der Waals surface area contributed by atoms with Crippen molar-refractivity contribution in [3.05, 3.63) is 65.9 Å². The van der Waals surface area contributed by atoms with Crippen LogP contribution in [0.4, 0.5) is 5.13 Å². The number of nitrogens with zero attached hydrogens (tertiary/aromatic N) is 4. The fraction of sp³-hybridized carbons (Fsp3) is 0.500. The first kappa shape index (κ1) is 24.4. The molecule has 1 aliphatic rings. The molecule has 0 radical (unpaired) electrons. The molecule has 34 heavy (non-hydrogen) atoms. The Balaban J connectivity index is 1.27. The van der Waals surface area contributed by atoms with Crippen LogP contribution in [0.5, 0.6) is 0 Å². The Bertz CT molecular complexity index is 992. The number of aromatic nitrogens is 2. The van der Waals surface area contributed by atoms with Crippen LogP contribution in [0.25, 0.3) is 0 Å². The summed E-state index contributed by atoms with van der Waals surface area (Å²) in [6.07, 6.45) is 7.69. The second-order valence-electron chi connectivity index (χ2n) is 8.99. The predicted molar refractivity (Wildman–Crippen MR) is 136 cm³/mol. The van der Waals surface area contributed by atoms with Gasteiger partial charge in [0, 0.05) is 50.1 Å². The number of hydrogen-bond acceptors (Lipinski definition) is 7. The highest BCUT2D eigenvalue weighted by Gasteiger charge is 2.18. The van der Waals surface area contributed by atoms with Gasteiger partial charge in [0.2, 0.25) is 11.0 Å². The molecule has 1 atom stereocenters. The zero-order valence-electron chi connectivity index (χ0n) is 20.0. The first-order chi connectivity index (χ1) is 16.7. The number of nitrogens with one attached hydrogen (secondary N) is 1. The van der Waals surface area contributed by atoms with Crippen LogP contribution in [0.15, 0.2) is 53.1 Å². The average Bonchev–Trinajstić information content (AvgIpc) is 3.53. The van der Waals surface area contributed by atoms with Crippen LogP contribution in [-0.4, -0.2) is 52.4 Å². The third kappa shape index (κ3) is 7.40. The molecule has 0 spiro atoms. The number of carbonyl (C=O) groups is 1. The summed E-state index contributed by atoms with van der Waals surface area (Å²) >= 11 is 1.37. The van der Waals surface area contributed by atoms with Gasteiger partial charge in [-0.2, -0.15) is 4.37 Å². The summed E-state index contributed by atoms with van der Waals surface area (Å²) in [5, 5.41) is 3.91. The maximum absolute atomic E-state index is 12.5. The number of amides is 1. The lowest BCUT2D eigenvalue weighted by atomic mass is 10.0. The summed E-state index contributed by atoms with van der Waals surface area (Å²) < 4.78 is 10.1. The fourth-order valence-corrected chi connectivity index (χ4v) is 5.09. The Labute approximate surface area is 206 Å². The number of hydrogen-bond donors (Lipinski definition) is 1. The van der Waals surface area contributed by atoms with Gasteiger partial charge in [-0.25, -0.2) is 4.98 Å². The monoisotopic (exact) mass is 481 g/mol. The van der Waals surface area contributed by atoms with Gasteiger partial charge in [0.25, 0.3) is 0 Å². The number of likely N-dealkylation sites (tertiary alicyclic amines) is 1. The lowest BCUT2D eigenvalue weighted by molar-refractivity contribution is -0.120. The molecular formula is C26H35N5O2S. The highest BCUT2D eigenvalue weighted by molar-refractivity contribution is 7.09. The molecule has 3 heterocycles. The van der Waals surface area contributed by atoms with Crippen molar-refractivity contribution in [2.24, 2.45) is 0 Å². The van der Waals surface area contributed by atoms with Crippen molar-refractivity contribution in [1.82, 2.24) is 19.6 Å². The zero-order chi connectivity index (χ0) is 23.6. The maximum atomic E-state index is 12.5. The standard InChI is InChI=1S/C26H35N5O2S/c1-21-9-5-6-15-30(21)16-8-14-27-25(32)13-17-31(20-23-12-7-18-33-23)26-28-24(29-34-26)19-22-10-3-2-4-11-22/h2-4,7,10-12,18,21H,5-6,8-9,13-17,19-20H2,1H3,(H,27,32). The van der Waals surface area contributed by atoms with E-state index in [-0.39, 0.29) is 5.91 Å². The van der Waals surface area contributed by atoms with Crippen LogP contribution in [-0.2, 0) is 17.8 Å². The van der Waals surface area contributed by atoms with Gasteiger partial charge in [0.1, 0.15) is 11.6 Å². The van der Waals surface area contributed by atoms with Crippen LogP contribution in [0, 0.1) is 0 Å². The van der Waals surface area contributed by atoms with Gasteiger partial charge in [-0.1, -0.05) is 36.8 Å². The molecule has 1 aliphatic heterocycles. The number of rotatable bonds is 12.